The molecule has 0 saturated carbocycles. The van der Waals surface area contributed by atoms with E-state index >= 15 is 0 Å². The molecule has 34 heavy (non-hydrogen) atoms. The van der Waals surface area contributed by atoms with Gasteiger partial charge in [-0.05, 0) is 55.3 Å². The van der Waals surface area contributed by atoms with Crippen molar-refractivity contribution in [1.29, 1.82) is 0 Å². The van der Waals surface area contributed by atoms with Crippen LogP contribution >= 0.6 is 39.3 Å². The molecule has 0 aliphatic carbocycles. The first-order valence-corrected chi connectivity index (χ1v) is 13.1. The van der Waals surface area contributed by atoms with Gasteiger partial charge in [-0.3, -0.25) is 0 Å². The molecule has 4 aromatic rings. The molecule has 1 aliphatic heterocycles. The molecule has 9 heteroatoms. The first kappa shape index (κ1) is 23.2. The molecule has 0 radical (unpaired) electrons. The summed E-state index contributed by atoms with van der Waals surface area (Å²) in [6, 6.07) is 15.6. The van der Waals surface area contributed by atoms with E-state index in [0.29, 0.717) is 33.3 Å². The smallest absolute Gasteiger partial charge is 0.247 e. The van der Waals surface area contributed by atoms with E-state index in [-0.39, 0.29) is 0 Å². The Hall–Kier alpha value is -2.55. The maximum atomic E-state index is 6.33. The summed E-state index contributed by atoms with van der Waals surface area (Å²) in [4.78, 5) is 4.69. The lowest BCUT2D eigenvalue weighted by molar-refractivity contribution is 0.196. The van der Waals surface area contributed by atoms with Crippen molar-refractivity contribution in [1.82, 2.24) is 15.2 Å². The van der Waals surface area contributed by atoms with Crippen LogP contribution in [0.1, 0.15) is 37.3 Å². The van der Waals surface area contributed by atoms with Crippen LogP contribution in [-0.2, 0) is 0 Å². The largest absolute Gasteiger partial charge is 0.455 e. The van der Waals surface area contributed by atoms with Crippen LogP contribution in [0.5, 0.6) is 5.88 Å². The number of benzene rings is 2. The van der Waals surface area contributed by atoms with Gasteiger partial charge in [0.25, 0.3) is 0 Å². The molecule has 1 N–H and O–H groups in total. The van der Waals surface area contributed by atoms with Crippen molar-refractivity contribution in [2.45, 2.75) is 38.1 Å². The molecular weight excluding hydrogens is 536 g/mol. The molecular formula is C25H22BrClN4O2S. The van der Waals surface area contributed by atoms with E-state index in [2.05, 4.69) is 43.4 Å². The maximum absolute atomic E-state index is 6.33. The third-order valence-corrected chi connectivity index (χ3v) is 7.28. The lowest BCUT2D eigenvalue weighted by atomic mass is 10.1. The minimum atomic E-state index is -0.596. The van der Waals surface area contributed by atoms with Crippen molar-refractivity contribution in [2.24, 2.45) is 0 Å². The lowest BCUT2D eigenvalue weighted by Crippen LogP contribution is -2.16. The highest BCUT2D eigenvalue weighted by Gasteiger charge is 2.28. The number of hydrogen-bond acceptors (Lipinski definition) is 7. The van der Waals surface area contributed by atoms with E-state index in [1.54, 1.807) is 11.8 Å². The highest BCUT2D eigenvalue weighted by atomic mass is 79.9. The molecule has 174 valence electrons. The molecule has 6 nitrogen and oxygen atoms in total. The summed E-state index contributed by atoms with van der Waals surface area (Å²) < 4.78 is 13.5. The van der Waals surface area contributed by atoms with Crippen molar-refractivity contribution in [3.63, 3.8) is 0 Å². The number of aryl methyl sites for hydroxylation is 1. The lowest BCUT2D eigenvalue weighted by Gasteiger charge is -2.17. The van der Waals surface area contributed by atoms with Gasteiger partial charge in [0.15, 0.2) is 11.5 Å². The molecule has 2 aromatic carbocycles. The van der Waals surface area contributed by atoms with Gasteiger partial charge in [-0.25, -0.2) is 0 Å². The Morgan fingerprint density at radius 3 is 2.82 bits per heavy atom. The van der Waals surface area contributed by atoms with Crippen LogP contribution in [0.3, 0.4) is 0 Å². The molecule has 0 fully saturated rings. The maximum Gasteiger partial charge on any atom is 0.247 e. The van der Waals surface area contributed by atoms with Gasteiger partial charge >= 0.3 is 0 Å². The summed E-state index contributed by atoms with van der Waals surface area (Å²) in [5, 5.41) is 13.5. The summed E-state index contributed by atoms with van der Waals surface area (Å²) in [5.74, 6) is 2.67. The van der Waals surface area contributed by atoms with E-state index in [4.69, 9.17) is 20.8 Å². The van der Waals surface area contributed by atoms with Crippen molar-refractivity contribution in [3.8, 4) is 28.5 Å². The van der Waals surface area contributed by atoms with Gasteiger partial charge in [-0.2, -0.15) is 4.98 Å². The highest BCUT2D eigenvalue weighted by Crippen LogP contribution is 2.41. The monoisotopic (exact) mass is 556 g/mol. The fraction of sp³-hybridized carbons (Fsp3) is 0.240. The second-order valence-electron chi connectivity index (χ2n) is 7.95. The second-order valence-corrected chi connectivity index (χ2v) is 10.3. The third-order valence-electron chi connectivity index (χ3n) is 5.46. The molecule has 1 atom stereocenters. The SMILES string of the molecule is CCCCSc1nnc2c(n1)O[C@H](c1ccc(-c3ccc(C)c(Cl)c3)o1)Nc1ccc(Br)cc1-2. The Morgan fingerprint density at radius 1 is 1.12 bits per heavy atom. The number of fused-ring (bicyclic) bond motifs is 3. The van der Waals surface area contributed by atoms with Crippen molar-refractivity contribution >= 4 is 45.0 Å². The van der Waals surface area contributed by atoms with E-state index < -0.39 is 6.23 Å². The van der Waals surface area contributed by atoms with Crippen LogP contribution in [0.2, 0.25) is 5.02 Å². The fourth-order valence-corrected chi connectivity index (χ4v) is 4.97. The van der Waals surface area contributed by atoms with Gasteiger partial charge in [0, 0.05) is 32.1 Å². The molecule has 1 aliphatic rings. The van der Waals surface area contributed by atoms with Crippen LogP contribution in [-0.4, -0.2) is 20.9 Å². The van der Waals surface area contributed by atoms with Crippen molar-refractivity contribution in [3.05, 3.63) is 69.3 Å². The average molecular weight is 558 g/mol. The molecule has 3 heterocycles. The Morgan fingerprint density at radius 2 is 2.00 bits per heavy atom. The zero-order valence-electron chi connectivity index (χ0n) is 18.6. The summed E-state index contributed by atoms with van der Waals surface area (Å²) in [7, 11) is 0. The number of furan rings is 1. The molecule has 5 rings (SSSR count). The topological polar surface area (TPSA) is 73.1 Å². The Bertz CT molecular complexity index is 1350. The predicted molar refractivity (Wildman–Crippen MR) is 139 cm³/mol. The van der Waals surface area contributed by atoms with E-state index in [0.717, 1.165) is 45.4 Å². The molecule has 0 bridgehead atoms. The fourth-order valence-electron chi connectivity index (χ4n) is 3.56. The van der Waals surface area contributed by atoms with Gasteiger partial charge < -0.3 is 14.5 Å². The molecule has 0 spiro atoms. The number of aromatic nitrogens is 3. The number of ether oxygens (including phenoxy) is 1. The summed E-state index contributed by atoms with van der Waals surface area (Å²) >= 11 is 11.5. The van der Waals surface area contributed by atoms with Gasteiger partial charge in [-0.15, -0.1) is 10.2 Å². The van der Waals surface area contributed by atoms with Gasteiger partial charge in [0.05, 0.1) is 0 Å². The molecule has 0 amide bonds. The third kappa shape index (κ3) is 4.80. The number of anilines is 1. The Balaban J connectivity index is 1.51. The number of rotatable bonds is 6. The zero-order chi connectivity index (χ0) is 23.7. The van der Waals surface area contributed by atoms with E-state index in [1.165, 1.54) is 0 Å². The van der Waals surface area contributed by atoms with E-state index in [1.807, 2.05) is 55.5 Å². The number of nitrogens with zero attached hydrogens (tertiary/aromatic N) is 3. The average Bonchev–Trinajstić information content (AvgIpc) is 3.26. The minimum Gasteiger partial charge on any atom is -0.455 e. The predicted octanol–water partition coefficient (Wildman–Crippen LogP) is 7.92. The van der Waals surface area contributed by atoms with Crippen molar-refractivity contribution < 1.29 is 9.15 Å². The van der Waals surface area contributed by atoms with E-state index in [9.17, 15) is 0 Å². The summed E-state index contributed by atoms with van der Waals surface area (Å²) in [5.41, 5.74) is 4.21. The zero-order valence-corrected chi connectivity index (χ0v) is 21.8. The molecule has 0 saturated heterocycles. The molecule has 2 aromatic heterocycles. The Kier molecular flexibility index (Phi) is 6.81. The quantitative estimate of drug-likeness (QED) is 0.191. The standard InChI is InChI=1S/C25H22BrClN4O2S/c1-3-4-11-34-25-29-24-22(30-31-25)17-13-16(26)7-8-19(17)28-23(33-24)21-10-9-20(32-21)15-6-5-14(2)18(27)12-15/h5-10,12-13,23,28H,3-4,11H2,1-2H3/t23-/m1/s1. The van der Waals surface area contributed by atoms with Crippen LogP contribution in [0.15, 0.2) is 62.6 Å². The van der Waals surface area contributed by atoms with Gasteiger partial charge in [-0.1, -0.05) is 64.8 Å². The van der Waals surface area contributed by atoms with Crippen LogP contribution in [0.4, 0.5) is 5.69 Å². The van der Waals surface area contributed by atoms with Gasteiger partial charge in [0.2, 0.25) is 17.3 Å². The minimum absolute atomic E-state index is 0.416. The Labute approximate surface area is 215 Å². The van der Waals surface area contributed by atoms with Crippen molar-refractivity contribution in [2.75, 3.05) is 11.1 Å². The number of hydrogen-bond donors (Lipinski definition) is 1. The number of unbranched alkanes of at least 4 members (excludes halogenated alkanes) is 1. The van der Waals surface area contributed by atoms with Crippen LogP contribution < -0.4 is 10.1 Å². The normalized spacial score (nSPS) is 14.5. The molecule has 0 unspecified atom stereocenters. The van der Waals surface area contributed by atoms with Crippen LogP contribution in [0, 0.1) is 6.92 Å². The second kappa shape index (κ2) is 9.98. The van der Waals surface area contributed by atoms with Gasteiger partial charge in [0.1, 0.15) is 5.76 Å². The number of nitrogens with one attached hydrogen (secondary N) is 1. The summed E-state index contributed by atoms with van der Waals surface area (Å²) in [6.07, 6.45) is 1.60. The first-order valence-electron chi connectivity index (χ1n) is 11.0. The number of halogens is 2. The van der Waals surface area contributed by atoms with Crippen LogP contribution in [0.25, 0.3) is 22.6 Å². The summed E-state index contributed by atoms with van der Waals surface area (Å²) in [6.45, 7) is 4.13. The first-order chi connectivity index (χ1) is 16.5. The number of thioether (sulfide) groups is 1. The highest BCUT2D eigenvalue weighted by molar-refractivity contribution is 9.10.